The summed E-state index contributed by atoms with van der Waals surface area (Å²) < 4.78 is 5.60. The first-order valence-corrected chi connectivity index (χ1v) is 10.0. The molecule has 0 aliphatic heterocycles. The highest BCUT2D eigenvalue weighted by atomic mass is 16.5. The Kier molecular flexibility index (Phi) is 7.42. The van der Waals surface area contributed by atoms with Crippen LogP contribution in [-0.2, 0) is 5.60 Å². The number of rotatable bonds is 10. The van der Waals surface area contributed by atoms with Gasteiger partial charge in [0.1, 0.15) is 24.1 Å². The first-order chi connectivity index (χ1) is 14.1. The van der Waals surface area contributed by atoms with Crippen LogP contribution in [0.2, 0.25) is 0 Å². The van der Waals surface area contributed by atoms with Crippen molar-refractivity contribution in [3.05, 3.63) is 102 Å². The number of nitrogens with one attached hydrogen (secondary N) is 1. The molecule has 0 saturated heterocycles. The molecular formula is C25H29NO3. The Labute approximate surface area is 172 Å². The molecule has 0 radical (unpaired) electrons. The largest absolute Gasteiger partial charge is 0.491 e. The van der Waals surface area contributed by atoms with Crippen molar-refractivity contribution in [2.45, 2.75) is 31.1 Å². The molecule has 29 heavy (non-hydrogen) atoms. The average molecular weight is 392 g/mol. The van der Waals surface area contributed by atoms with Crippen LogP contribution in [0.15, 0.2) is 91.0 Å². The topological polar surface area (TPSA) is 61.7 Å². The van der Waals surface area contributed by atoms with Crippen molar-refractivity contribution < 1.29 is 14.9 Å². The van der Waals surface area contributed by atoms with Gasteiger partial charge in [-0.1, -0.05) is 78.9 Å². The Bertz CT molecular complexity index is 800. The normalized spacial score (nSPS) is 13.6. The maximum atomic E-state index is 11.6. The Hall–Kier alpha value is -2.66. The van der Waals surface area contributed by atoms with Gasteiger partial charge >= 0.3 is 0 Å². The maximum absolute atomic E-state index is 11.6. The molecule has 0 amide bonds. The Balaban J connectivity index is 1.59. The smallest absolute Gasteiger partial charge is 0.119 e. The van der Waals surface area contributed by atoms with Crippen LogP contribution < -0.4 is 10.1 Å². The lowest BCUT2D eigenvalue weighted by molar-refractivity contribution is 0.0558. The summed E-state index contributed by atoms with van der Waals surface area (Å²) in [4.78, 5) is 0. The first-order valence-electron chi connectivity index (χ1n) is 10.0. The van der Waals surface area contributed by atoms with E-state index in [1.165, 1.54) is 0 Å². The van der Waals surface area contributed by atoms with Crippen molar-refractivity contribution >= 4 is 0 Å². The van der Waals surface area contributed by atoms with Crippen LogP contribution in [0.5, 0.6) is 5.75 Å². The Morgan fingerprint density at radius 1 is 0.828 bits per heavy atom. The fraction of sp³-hybridized carbons (Fsp3) is 0.280. The molecule has 0 spiro atoms. The second kappa shape index (κ2) is 10.2. The fourth-order valence-electron chi connectivity index (χ4n) is 3.45. The molecule has 3 aromatic carbocycles. The van der Waals surface area contributed by atoms with Crippen molar-refractivity contribution in [2.75, 3.05) is 13.2 Å². The van der Waals surface area contributed by atoms with Gasteiger partial charge in [-0.25, -0.2) is 0 Å². The Morgan fingerprint density at radius 3 is 1.83 bits per heavy atom. The molecule has 152 valence electrons. The molecule has 0 saturated carbocycles. The van der Waals surface area contributed by atoms with Crippen LogP contribution in [0.3, 0.4) is 0 Å². The summed E-state index contributed by atoms with van der Waals surface area (Å²) in [6, 6.07) is 28.8. The molecule has 0 bridgehead atoms. The molecule has 0 aromatic heterocycles. The number of ether oxygens (including phenoxy) is 1. The zero-order valence-electron chi connectivity index (χ0n) is 16.7. The second-order valence-corrected chi connectivity index (χ2v) is 7.38. The van der Waals surface area contributed by atoms with E-state index in [4.69, 9.17) is 4.74 Å². The molecule has 2 atom stereocenters. The predicted octanol–water partition coefficient (Wildman–Crippen LogP) is 3.73. The highest BCUT2D eigenvalue weighted by molar-refractivity contribution is 5.36. The highest BCUT2D eigenvalue weighted by Gasteiger charge is 2.33. The van der Waals surface area contributed by atoms with Gasteiger partial charge < -0.3 is 20.3 Å². The number of hydrogen-bond acceptors (Lipinski definition) is 4. The molecule has 0 aliphatic rings. The number of benzene rings is 3. The summed E-state index contributed by atoms with van der Waals surface area (Å²) >= 11 is 0. The third kappa shape index (κ3) is 5.91. The summed E-state index contributed by atoms with van der Waals surface area (Å²) in [5.41, 5.74) is 0.598. The van der Waals surface area contributed by atoms with Crippen LogP contribution in [0, 0.1) is 0 Å². The van der Waals surface area contributed by atoms with Crippen molar-refractivity contribution in [1.29, 1.82) is 0 Å². The lowest BCUT2D eigenvalue weighted by atomic mass is 9.81. The zero-order chi connectivity index (χ0) is 20.5. The molecule has 4 heteroatoms. The minimum atomic E-state index is -1.11. The number of para-hydroxylation sites is 1. The van der Waals surface area contributed by atoms with Gasteiger partial charge in [0.05, 0.1) is 0 Å². The molecule has 3 aromatic rings. The highest BCUT2D eigenvalue weighted by Crippen LogP contribution is 2.34. The lowest BCUT2D eigenvalue weighted by Gasteiger charge is -2.32. The van der Waals surface area contributed by atoms with Gasteiger partial charge in [-0.2, -0.15) is 0 Å². The third-order valence-electron chi connectivity index (χ3n) is 4.99. The van der Waals surface area contributed by atoms with Gasteiger partial charge in [0.2, 0.25) is 0 Å². The fourth-order valence-corrected chi connectivity index (χ4v) is 3.45. The molecule has 3 N–H and O–H groups in total. The summed E-state index contributed by atoms with van der Waals surface area (Å²) in [5.74, 6) is 0.738. The van der Waals surface area contributed by atoms with Crippen molar-refractivity contribution in [3.8, 4) is 5.75 Å². The van der Waals surface area contributed by atoms with Crippen LogP contribution in [0.25, 0.3) is 0 Å². The van der Waals surface area contributed by atoms with E-state index in [2.05, 4.69) is 5.32 Å². The summed E-state index contributed by atoms with van der Waals surface area (Å²) in [7, 11) is 0. The zero-order valence-corrected chi connectivity index (χ0v) is 16.7. The molecule has 0 fully saturated rings. The van der Waals surface area contributed by atoms with E-state index < -0.39 is 11.7 Å². The van der Waals surface area contributed by atoms with E-state index in [-0.39, 0.29) is 12.6 Å². The average Bonchev–Trinajstić information content (AvgIpc) is 2.78. The minimum Gasteiger partial charge on any atom is -0.491 e. The lowest BCUT2D eigenvalue weighted by Crippen LogP contribution is -2.41. The van der Waals surface area contributed by atoms with Crippen molar-refractivity contribution in [1.82, 2.24) is 5.32 Å². The SMILES string of the molecule is CC(CC(O)(c1ccccc1)c1ccccc1)NC[C@@H](O)COc1ccccc1. The quantitative estimate of drug-likeness (QED) is 0.493. The van der Waals surface area contributed by atoms with Gasteiger partial charge in [-0.15, -0.1) is 0 Å². The van der Waals surface area contributed by atoms with E-state index >= 15 is 0 Å². The number of hydrogen-bond donors (Lipinski definition) is 3. The van der Waals surface area contributed by atoms with E-state index in [1.54, 1.807) is 0 Å². The first kappa shape index (κ1) is 21.1. The summed E-state index contributed by atoms with van der Waals surface area (Å²) in [6.07, 6.45) is -0.160. The Morgan fingerprint density at radius 2 is 1.31 bits per heavy atom. The van der Waals surface area contributed by atoms with Crippen LogP contribution in [0.1, 0.15) is 24.5 Å². The van der Waals surface area contributed by atoms with Crippen LogP contribution in [-0.4, -0.2) is 35.5 Å². The van der Waals surface area contributed by atoms with Gasteiger partial charge in [-0.05, 0) is 36.6 Å². The van der Waals surface area contributed by atoms with Gasteiger partial charge in [0.25, 0.3) is 0 Å². The van der Waals surface area contributed by atoms with Gasteiger partial charge in [0.15, 0.2) is 0 Å². The number of aliphatic hydroxyl groups excluding tert-OH is 1. The van der Waals surface area contributed by atoms with Crippen LogP contribution in [0.4, 0.5) is 0 Å². The molecule has 1 unspecified atom stereocenters. The molecule has 3 rings (SSSR count). The second-order valence-electron chi connectivity index (χ2n) is 7.38. The monoisotopic (exact) mass is 391 g/mol. The van der Waals surface area contributed by atoms with Gasteiger partial charge in [0, 0.05) is 12.6 Å². The maximum Gasteiger partial charge on any atom is 0.119 e. The van der Waals surface area contributed by atoms with E-state index in [9.17, 15) is 10.2 Å². The minimum absolute atomic E-state index is 0.0215. The third-order valence-corrected chi connectivity index (χ3v) is 4.99. The van der Waals surface area contributed by atoms with Gasteiger partial charge in [-0.3, -0.25) is 0 Å². The van der Waals surface area contributed by atoms with Crippen molar-refractivity contribution in [3.63, 3.8) is 0 Å². The summed E-state index contributed by atoms with van der Waals surface area (Å²) in [6.45, 7) is 2.61. The molecule has 0 heterocycles. The molecular weight excluding hydrogens is 362 g/mol. The van der Waals surface area contributed by atoms with Crippen molar-refractivity contribution in [2.24, 2.45) is 0 Å². The number of aliphatic hydroxyl groups is 2. The van der Waals surface area contributed by atoms with E-state index in [0.717, 1.165) is 16.9 Å². The standard InChI is InChI=1S/C25H29NO3/c1-20(26-18-23(27)19-29-24-15-9-4-10-16-24)17-25(28,21-11-5-2-6-12-21)22-13-7-3-8-14-22/h2-16,20,23,26-28H,17-19H2,1H3/t20?,23-/m1/s1. The summed E-state index contributed by atoms with van der Waals surface area (Å²) in [5, 5.41) is 25.2. The predicted molar refractivity (Wildman–Crippen MR) is 116 cm³/mol. The molecule has 4 nitrogen and oxygen atoms in total. The van der Waals surface area contributed by atoms with E-state index in [1.807, 2.05) is 97.9 Å². The van der Waals surface area contributed by atoms with E-state index in [0.29, 0.717) is 13.0 Å². The molecule has 0 aliphatic carbocycles. The van der Waals surface area contributed by atoms with Crippen LogP contribution >= 0.6 is 0 Å².